The van der Waals surface area contributed by atoms with Crippen molar-refractivity contribution >= 4 is 11.6 Å². The Morgan fingerprint density at radius 1 is 1.00 bits per heavy atom. The number of rotatable bonds is 5. The SMILES string of the molecule is NCC(c1ccc(Cl)cc1)C1CCN(Cc2ccccc2)CC1. The molecule has 3 rings (SSSR count). The van der Waals surface area contributed by atoms with Crippen LogP contribution < -0.4 is 5.73 Å². The summed E-state index contributed by atoms with van der Waals surface area (Å²) in [7, 11) is 0. The van der Waals surface area contributed by atoms with Gasteiger partial charge in [-0.05, 0) is 67.6 Å². The maximum Gasteiger partial charge on any atom is 0.0406 e. The van der Waals surface area contributed by atoms with Gasteiger partial charge < -0.3 is 5.73 Å². The average molecular weight is 329 g/mol. The number of nitrogens with two attached hydrogens (primary N) is 1. The molecule has 0 spiro atoms. The van der Waals surface area contributed by atoms with E-state index in [1.165, 1.54) is 24.0 Å². The molecular formula is C20H25ClN2. The summed E-state index contributed by atoms with van der Waals surface area (Å²) in [5.41, 5.74) is 8.82. The molecule has 23 heavy (non-hydrogen) atoms. The van der Waals surface area contributed by atoms with Gasteiger partial charge in [0, 0.05) is 11.6 Å². The monoisotopic (exact) mass is 328 g/mol. The van der Waals surface area contributed by atoms with Crippen LogP contribution in [0.25, 0.3) is 0 Å². The fourth-order valence-corrected chi connectivity index (χ4v) is 3.79. The van der Waals surface area contributed by atoms with Crippen molar-refractivity contribution in [3.05, 3.63) is 70.7 Å². The highest BCUT2D eigenvalue weighted by atomic mass is 35.5. The Labute approximate surface area is 144 Å². The molecule has 1 unspecified atom stereocenters. The minimum atomic E-state index is 0.450. The van der Waals surface area contributed by atoms with Crippen LogP contribution in [-0.2, 0) is 6.54 Å². The largest absolute Gasteiger partial charge is 0.330 e. The summed E-state index contributed by atoms with van der Waals surface area (Å²) in [6.45, 7) is 4.08. The zero-order valence-corrected chi connectivity index (χ0v) is 14.3. The van der Waals surface area contributed by atoms with Gasteiger partial charge in [-0.1, -0.05) is 54.1 Å². The van der Waals surface area contributed by atoms with Crippen molar-refractivity contribution in [2.24, 2.45) is 11.7 Å². The molecule has 2 aromatic carbocycles. The first-order valence-electron chi connectivity index (χ1n) is 8.48. The lowest BCUT2D eigenvalue weighted by atomic mass is 9.80. The summed E-state index contributed by atoms with van der Waals surface area (Å²) in [6, 6.07) is 19.0. The summed E-state index contributed by atoms with van der Waals surface area (Å²) >= 11 is 6.00. The molecule has 0 bridgehead atoms. The first-order chi connectivity index (χ1) is 11.3. The Morgan fingerprint density at radius 3 is 2.26 bits per heavy atom. The van der Waals surface area contributed by atoms with Gasteiger partial charge in [0.15, 0.2) is 0 Å². The van der Waals surface area contributed by atoms with Crippen LogP contribution in [0.3, 0.4) is 0 Å². The maximum absolute atomic E-state index is 6.09. The Hall–Kier alpha value is -1.35. The molecule has 3 heteroatoms. The maximum atomic E-state index is 6.09. The van der Waals surface area contributed by atoms with Gasteiger partial charge in [0.25, 0.3) is 0 Å². The second-order valence-electron chi connectivity index (χ2n) is 6.49. The second kappa shape index (κ2) is 7.96. The van der Waals surface area contributed by atoms with Crippen LogP contribution in [0.1, 0.15) is 29.9 Å². The van der Waals surface area contributed by atoms with E-state index >= 15 is 0 Å². The zero-order valence-electron chi connectivity index (χ0n) is 13.5. The number of hydrogen-bond acceptors (Lipinski definition) is 2. The highest BCUT2D eigenvalue weighted by Gasteiger charge is 2.26. The van der Waals surface area contributed by atoms with E-state index in [1.807, 2.05) is 12.1 Å². The fraction of sp³-hybridized carbons (Fsp3) is 0.400. The van der Waals surface area contributed by atoms with E-state index in [9.17, 15) is 0 Å². The summed E-state index contributed by atoms with van der Waals surface area (Å²) < 4.78 is 0. The molecule has 2 aromatic rings. The molecule has 1 atom stereocenters. The molecule has 0 radical (unpaired) electrons. The van der Waals surface area contributed by atoms with Crippen LogP contribution >= 0.6 is 11.6 Å². The molecular weight excluding hydrogens is 304 g/mol. The van der Waals surface area contributed by atoms with Crippen LogP contribution in [0.5, 0.6) is 0 Å². The normalized spacial score (nSPS) is 18.0. The van der Waals surface area contributed by atoms with Crippen molar-refractivity contribution in [1.29, 1.82) is 0 Å². The Kier molecular flexibility index (Phi) is 5.71. The predicted octanol–water partition coefficient (Wildman–Crippen LogP) is 4.29. The van der Waals surface area contributed by atoms with E-state index in [4.69, 9.17) is 17.3 Å². The summed E-state index contributed by atoms with van der Waals surface area (Å²) in [6.07, 6.45) is 2.44. The Morgan fingerprint density at radius 2 is 1.65 bits per heavy atom. The second-order valence-corrected chi connectivity index (χ2v) is 6.93. The van der Waals surface area contributed by atoms with Gasteiger partial charge in [0.2, 0.25) is 0 Å². The molecule has 122 valence electrons. The number of likely N-dealkylation sites (tertiary alicyclic amines) is 1. The van der Waals surface area contributed by atoms with Gasteiger partial charge in [0.1, 0.15) is 0 Å². The molecule has 0 saturated carbocycles. The lowest BCUT2D eigenvalue weighted by Gasteiger charge is -2.36. The highest BCUT2D eigenvalue weighted by Crippen LogP contribution is 2.33. The van der Waals surface area contributed by atoms with Crippen LogP contribution in [0.2, 0.25) is 5.02 Å². The van der Waals surface area contributed by atoms with Crippen molar-refractivity contribution in [1.82, 2.24) is 4.90 Å². The van der Waals surface area contributed by atoms with E-state index in [0.717, 1.165) is 24.7 Å². The zero-order chi connectivity index (χ0) is 16.1. The standard InChI is InChI=1S/C20H25ClN2/c21-19-8-6-17(7-9-19)20(14-22)18-10-12-23(13-11-18)15-16-4-2-1-3-5-16/h1-9,18,20H,10-15,22H2. The predicted molar refractivity (Wildman–Crippen MR) is 97.7 cm³/mol. The topological polar surface area (TPSA) is 29.3 Å². The minimum absolute atomic E-state index is 0.450. The molecule has 0 aliphatic carbocycles. The smallest absolute Gasteiger partial charge is 0.0406 e. The fourth-order valence-electron chi connectivity index (χ4n) is 3.67. The minimum Gasteiger partial charge on any atom is -0.330 e. The van der Waals surface area contributed by atoms with Crippen molar-refractivity contribution in [3.63, 3.8) is 0 Å². The van der Waals surface area contributed by atoms with Crippen molar-refractivity contribution in [2.75, 3.05) is 19.6 Å². The lowest BCUT2D eigenvalue weighted by molar-refractivity contribution is 0.163. The molecule has 2 N–H and O–H groups in total. The van der Waals surface area contributed by atoms with Gasteiger partial charge in [0.05, 0.1) is 0 Å². The number of benzene rings is 2. The number of piperidine rings is 1. The van der Waals surface area contributed by atoms with Gasteiger partial charge in [-0.2, -0.15) is 0 Å². The molecule has 1 saturated heterocycles. The third-order valence-corrected chi connectivity index (χ3v) is 5.25. The quantitative estimate of drug-likeness (QED) is 0.887. The van der Waals surface area contributed by atoms with E-state index in [0.29, 0.717) is 18.4 Å². The average Bonchev–Trinajstić information content (AvgIpc) is 2.60. The van der Waals surface area contributed by atoms with Crippen molar-refractivity contribution < 1.29 is 0 Å². The van der Waals surface area contributed by atoms with Crippen molar-refractivity contribution in [3.8, 4) is 0 Å². The summed E-state index contributed by atoms with van der Waals surface area (Å²) in [5, 5.41) is 0.794. The Balaban J connectivity index is 1.58. The van der Waals surface area contributed by atoms with Crippen LogP contribution in [0, 0.1) is 5.92 Å². The highest BCUT2D eigenvalue weighted by molar-refractivity contribution is 6.30. The van der Waals surface area contributed by atoms with Crippen LogP contribution in [-0.4, -0.2) is 24.5 Å². The lowest BCUT2D eigenvalue weighted by Crippen LogP contribution is -2.36. The summed E-state index contributed by atoms with van der Waals surface area (Å²) in [4.78, 5) is 2.56. The van der Waals surface area contributed by atoms with E-state index in [2.05, 4.69) is 47.4 Å². The first-order valence-corrected chi connectivity index (χ1v) is 8.86. The van der Waals surface area contributed by atoms with Gasteiger partial charge in [-0.15, -0.1) is 0 Å². The summed E-state index contributed by atoms with van der Waals surface area (Å²) in [5.74, 6) is 1.12. The van der Waals surface area contributed by atoms with Crippen LogP contribution in [0.4, 0.5) is 0 Å². The van der Waals surface area contributed by atoms with Crippen molar-refractivity contribution in [2.45, 2.75) is 25.3 Å². The van der Waals surface area contributed by atoms with E-state index in [1.54, 1.807) is 0 Å². The van der Waals surface area contributed by atoms with Gasteiger partial charge >= 0.3 is 0 Å². The first kappa shape index (κ1) is 16.5. The molecule has 1 aliphatic heterocycles. The molecule has 1 aliphatic rings. The van der Waals surface area contributed by atoms with E-state index < -0.39 is 0 Å². The molecule has 2 nitrogen and oxygen atoms in total. The molecule has 1 heterocycles. The number of nitrogens with zero attached hydrogens (tertiary/aromatic N) is 1. The number of hydrogen-bond donors (Lipinski definition) is 1. The molecule has 0 aromatic heterocycles. The van der Waals surface area contributed by atoms with E-state index in [-0.39, 0.29) is 0 Å². The third kappa shape index (κ3) is 4.35. The van der Waals surface area contributed by atoms with Gasteiger partial charge in [-0.25, -0.2) is 0 Å². The molecule has 0 amide bonds. The Bertz CT molecular complexity index is 589. The third-order valence-electron chi connectivity index (χ3n) is 5.00. The molecule has 1 fully saturated rings. The van der Waals surface area contributed by atoms with Crippen LogP contribution in [0.15, 0.2) is 54.6 Å². The van der Waals surface area contributed by atoms with Gasteiger partial charge in [-0.3, -0.25) is 4.90 Å². The number of halogens is 1.